The topological polar surface area (TPSA) is 188 Å². The fourth-order valence-corrected chi connectivity index (χ4v) is 9.11. The number of nitrogens with zero attached hydrogens (tertiary/aromatic N) is 1. The first-order valence-electron chi connectivity index (χ1n) is 15.3. The molecule has 0 bridgehead atoms. The van der Waals surface area contributed by atoms with Crippen LogP contribution in [-0.2, 0) is 38.3 Å². The van der Waals surface area contributed by atoms with E-state index >= 15 is 0 Å². The highest BCUT2D eigenvalue weighted by molar-refractivity contribution is 6.26. The molecule has 0 aromatic carbocycles. The minimum absolute atomic E-state index is 0.00248. The number of carbonyl (C=O) groups is 5. The molecule has 4 aliphatic carbocycles. The van der Waals surface area contributed by atoms with E-state index in [0.29, 0.717) is 19.3 Å². The fraction of sp³-hybridized carbons (Fsp3) is 0.710. The molecule has 0 radical (unpaired) electrons. The first kappa shape index (κ1) is 34.6. The smallest absolute Gasteiger partial charge is 0.325 e. The van der Waals surface area contributed by atoms with Crippen LogP contribution < -0.4 is 5.32 Å². The minimum atomic E-state index is -1.72. The van der Waals surface area contributed by atoms with E-state index < -0.39 is 75.2 Å². The summed E-state index contributed by atoms with van der Waals surface area (Å²) in [6, 6.07) is 0. The van der Waals surface area contributed by atoms with Crippen molar-refractivity contribution in [2.45, 2.75) is 89.2 Å². The zero-order chi connectivity index (χ0) is 33.4. The monoisotopic (exact) mass is 652 g/mol. The Morgan fingerprint density at radius 2 is 1.91 bits per heavy atom. The summed E-state index contributed by atoms with van der Waals surface area (Å²) in [6.07, 6.45) is 5.29. The molecule has 0 heterocycles. The standard InChI is InChI=1S/C31H41ClN2O11/c1-5-26(39)45-31(24(37)17-43-27(40)16-33-25(38)7-6-12-44-34(41)42)18(2)13-22-21-9-8-19-14-20(35)10-11-28(19,3)30(21,32)23(36)15-29(22,31)4/h10-11,14,18,21-23,36H,5-9,12-13,15-17H2,1-4H3,(H,33,38)/t18-,21?,22?,23-,28-,29-,30-,31-/m0/s1. The number of hydrogen-bond donors (Lipinski definition) is 2. The summed E-state index contributed by atoms with van der Waals surface area (Å²) in [5.41, 5.74) is -2.72. The summed E-state index contributed by atoms with van der Waals surface area (Å²) in [4.78, 5) is 76.8. The van der Waals surface area contributed by atoms with Crippen LogP contribution in [0.5, 0.6) is 0 Å². The second kappa shape index (κ2) is 12.8. The molecule has 0 aliphatic heterocycles. The summed E-state index contributed by atoms with van der Waals surface area (Å²) in [6.45, 7) is 5.64. The van der Waals surface area contributed by atoms with Gasteiger partial charge in [0.1, 0.15) is 6.54 Å². The largest absolute Gasteiger partial charge is 0.456 e. The molecule has 3 saturated carbocycles. The van der Waals surface area contributed by atoms with E-state index in [2.05, 4.69) is 10.2 Å². The Kier molecular flexibility index (Phi) is 9.84. The van der Waals surface area contributed by atoms with Crippen LogP contribution in [0.2, 0.25) is 0 Å². The van der Waals surface area contributed by atoms with E-state index in [4.69, 9.17) is 21.1 Å². The van der Waals surface area contributed by atoms with E-state index in [1.807, 2.05) is 20.8 Å². The van der Waals surface area contributed by atoms with Gasteiger partial charge in [0.05, 0.1) is 17.6 Å². The van der Waals surface area contributed by atoms with Crippen LogP contribution in [0.3, 0.4) is 0 Å². The number of fused-ring (bicyclic) bond motifs is 5. The van der Waals surface area contributed by atoms with E-state index in [1.165, 1.54) is 6.08 Å². The summed E-state index contributed by atoms with van der Waals surface area (Å²) in [5, 5.41) is 23.4. The number of aliphatic hydroxyl groups excluding tert-OH is 1. The highest BCUT2D eigenvalue weighted by Crippen LogP contribution is 2.72. The third-order valence-corrected chi connectivity index (χ3v) is 11.6. The SMILES string of the molecule is CCC(=O)O[C@]1(C(=O)COC(=O)CNC(=O)CCCO[N+](=O)[O-])[C@@H](C)CC2C3CCC4=CC(=O)C=C[C@]4(C)[C@@]3(Cl)[C@@H](O)C[C@@]21C. The van der Waals surface area contributed by atoms with Crippen molar-refractivity contribution in [3.63, 3.8) is 0 Å². The van der Waals surface area contributed by atoms with Crippen molar-refractivity contribution in [2.24, 2.45) is 28.6 Å². The van der Waals surface area contributed by atoms with Crippen LogP contribution in [0, 0.1) is 38.7 Å². The van der Waals surface area contributed by atoms with Gasteiger partial charge in [-0.05, 0) is 56.1 Å². The Balaban J connectivity index is 1.54. The highest BCUT2D eigenvalue weighted by Gasteiger charge is 2.76. The van der Waals surface area contributed by atoms with Crippen LogP contribution in [-0.4, -0.2) is 75.9 Å². The molecule has 0 saturated heterocycles. The Morgan fingerprint density at radius 1 is 1.20 bits per heavy atom. The number of alkyl halides is 1. The Hall–Kier alpha value is -3.32. The van der Waals surface area contributed by atoms with Crippen molar-refractivity contribution in [3.8, 4) is 0 Å². The minimum Gasteiger partial charge on any atom is -0.456 e. The zero-order valence-corrected chi connectivity index (χ0v) is 26.7. The average molecular weight is 653 g/mol. The summed E-state index contributed by atoms with van der Waals surface area (Å²) in [7, 11) is 0. The van der Waals surface area contributed by atoms with Gasteiger partial charge in [0.2, 0.25) is 11.7 Å². The number of halogens is 1. The van der Waals surface area contributed by atoms with Gasteiger partial charge in [-0.2, -0.15) is 0 Å². The molecule has 4 aliphatic rings. The molecule has 4 rings (SSSR count). The highest BCUT2D eigenvalue weighted by atomic mass is 35.5. The molecule has 45 heavy (non-hydrogen) atoms. The lowest BCUT2D eigenvalue weighted by Gasteiger charge is -2.64. The average Bonchev–Trinajstić information content (AvgIpc) is 3.20. The van der Waals surface area contributed by atoms with Gasteiger partial charge in [0.15, 0.2) is 18.0 Å². The van der Waals surface area contributed by atoms with Crippen molar-refractivity contribution in [2.75, 3.05) is 19.8 Å². The third-order valence-electron chi connectivity index (χ3n) is 10.7. The van der Waals surface area contributed by atoms with Gasteiger partial charge in [0.25, 0.3) is 5.09 Å². The van der Waals surface area contributed by atoms with Gasteiger partial charge in [-0.25, -0.2) is 0 Å². The second-order valence-corrected chi connectivity index (χ2v) is 13.6. The lowest BCUT2D eigenvalue weighted by atomic mass is 9.45. The van der Waals surface area contributed by atoms with Crippen molar-refractivity contribution < 1.29 is 48.5 Å². The Bertz CT molecular complexity index is 1330. The molecule has 0 aromatic heterocycles. The number of hydrogen-bond acceptors (Lipinski definition) is 11. The third kappa shape index (κ3) is 5.77. The van der Waals surface area contributed by atoms with E-state index in [0.717, 1.165) is 5.57 Å². The molecule has 248 valence electrons. The number of aliphatic hydroxyl groups is 1. The second-order valence-electron chi connectivity index (χ2n) is 13.0. The van der Waals surface area contributed by atoms with E-state index in [9.17, 15) is 39.2 Å². The van der Waals surface area contributed by atoms with Crippen molar-refractivity contribution in [3.05, 3.63) is 33.9 Å². The zero-order valence-electron chi connectivity index (χ0n) is 26.0. The van der Waals surface area contributed by atoms with Gasteiger partial charge in [-0.3, -0.25) is 24.0 Å². The predicted molar refractivity (Wildman–Crippen MR) is 158 cm³/mol. The van der Waals surface area contributed by atoms with Crippen molar-refractivity contribution in [1.82, 2.24) is 5.32 Å². The fourth-order valence-electron chi connectivity index (χ4n) is 8.59. The molecule has 8 atom stereocenters. The maximum atomic E-state index is 14.2. The van der Waals surface area contributed by atoms with Crippen LogP contribution in [0.15, 0.2) is 23.8 Å². The predicted octanol–water partition coefficient (Wildman–Crippen LogP) is 2.78. The molecule has 14 heteroatoms. The summed E-state index contributed by atoms with van der Waals surface area (Å²) < 4.78 is 11.3. The Labute approximate surface area is 266 Å². The quantitative estimate of drug-likeness (QED) is 0.104. The molecule has 0 spiro atoms. The van der Waals surface area contributed by atoms with Gasteiger partial charge in [-0.1, -0.05) is 39.3 Å². The lowest BCUT2D eigenvalue weighted by molar-refractivity contribution is -0.757. The molecule has 2 N–H and O–H groups in total. The molecule has 0 aromatic rings. The van der Waals surface area contributed by atoms with Crippen molar-refractivity contribution in [1.29, 1.82) is 0 Å². The molecule has 2 unspecified atom stereocenters. The number of ether oxygens (including phenoxy) is 2. The van der Waals surface area contributed by atoms with Crippen molar-refractivity contribution >= 4 is 41.0 Å². The van der Waals surface area contributed by atoms with E-state index in [-0.39, 0.29) is 49.9 Å². The van der Waals surface area contributed by atoms with Gasteiger partial charge < -0.3 is 24.7 Å². The maximum absolute atomic E-state index is 14.2. The number of rotatable bonds is 12. The van der Waals surface area contributed by atoms with Gasteiger partial charge in [0, 0.05) is 29.6 Å². The van der Waals surface area contributed by atoms with Crippen LogP contribution in [0.4, 0.5) is 0 Å². The number of esters is 2. The molecule has 13 nitrogen and oxygen atoms in total. The van der Waals surface area contributed by atoms with E-state index in [1.54, 1.807) is 19.1 Å². The number of allylic oxidation sites excluding steroid dienone is 4. The van der Waals surface area contributed by atoms with Crippen LogP contribution in [0.1, 0.15) is 72.6 Å². The number of Topliss-reactive ketones (excluding diaryl/α,β-unsaturated/α-hetero) is 1. The van der Waals surface area contributed by atoms with Crippen LogP contribution in [0.25, 0.3) is 0 Å². The molecular formula is C31H41ClN2O11. The number of ketones is 2. The Morgan fingerprint density at radius 3 is 2.58 bits per heavy atom. The first-order chi connectivity index (χ1) is 21.1. The number of nitrogens with one attached hydrogen (secondary N) is 1. The number of amides is 1. The molecule has 3 fully saturated rings. The first-order valence-corrected chi connectivity index (χ1v) is 15.7. The summed E-state index contributed by atoms with van der Waals surface area (Å²) in [5.74, 6) is -3.87. The number of carbonyl (C=O) groups excluding carboxylic acids is 5. The molecular weight excluding hydrogens is 612 g/mol. The lowest BCUT2D eigenvalue weighted by Crippen LogP contribution is -2.69. The summed E-state index contributed by atoms with van der Waals surface area (Å²) >= 11 is 7.50. The normalized spacial score (nSPS) is 36.5. The van der Waals surface area contributed by atoms with Gasteiger partial charge in [-0.15, -0.1) is 21.7 Å². The van der Waals surface area contributed by atoms with Gasteiger partial charge >= 0.3 is 11.9 Å². The van der Waals surface area contributed by atoms with Crippen LogP contribution >= 0.6 is 11.6 Å². The molecule has 1 amide bonds. The maximum Gasteiger partial charge on any atom is 0.325 e.